The van der Waals surface area contributed by atoms with Crippen molar-refractivity contribution in [1.82, 2.24) is 9.38 Å². The Morgan fingerprint density at radius 1 is 1.20 bits per heavy atom. The standard InChI is InChI=1S/C21H22ClF3N4O/c1-5-28(6-2)15-7-8-17(12(3)9-15)27-20(30)18-13(4)26-19-16(22)10-14(11-29(18)19)21(23,24)25/h7-11H,5-6H2,1-4H3,(H,27,30). The summed E-state index contributed by atoms with van der Waals surface area (Å²) in [5.41, 5.74) is 1.88. The molecule has 9 heteroatoms. The highest BCUT2D eigenvalue weighted by molar-refractivity contribution is 6.33. The van der Waals surface area contributed by atoms with E-state index in [-0.39, 0.29) is 22.1 Å². The minimum absolute atomic E-state index is 0.00483. The average Bonchev–Trinajstić information content (AvgIpc) is 3.00. The van der Waals surface area contributed by atoms with E-state index in [0.29, 0.717) is 5.69 Å². The Hall–Kier alpha value is -2.74. The van der Waals surface area contributed by atoms with Crippen LogP contribution in [0.2, 0.25) is 5.02 Å². The molecule has 0 atom stereocenters. The van der Waals surface area contributed by atoms with Gasteiger partial charge >= 0.3 is 6.18 Å². The van der Waals surface area contributed by atoms with Gasteiger partial charge < -0.3 is 10.2 Å². The second kappa shape index (κ2) is 8.18. The van der Waals surface area contributed by atoms with Crippen LogP contribution in [0.5, 0.6) is 0 Å². The van der Waals surface area contributed by atoms with Crippen LogP contribution in [-0.4, -0.2) is 28.4 Å². The van der Waals surface area contributed by atoms with E-state index in [0.717, 1.165) is 41.0 Å². The molecule has 0 saturated heterocycles. The van der Waals surface area contributed by atoms with Crippen molar-refractivity contribution in [3.8, 4) is 0 Å². The lowest BCUT2D eigenvalue weighted by Crippen LogP contribution is -2.22. The molecule has 0 fully saturated rings. The van der Waals surface area contributed by atoms with Crippen LogP contribution in [0.3, 0.4) is 0 Å². The summed E-state index contributed by atoms with van der Waals surface area (Å²) in [4.78, 5) is 19.3. The van der Waals surface area contributed by atoms with Gasteiger partial charge in [-0.2, -0.15) is 13.2 Å². The first-order valence-corrected chi connectivity index (χ1v) is 9.86. The molecule has 1 N–H and O–H groups in total. The lowest BCUT2D eigenvalue weighted by atomic mass is 10.1. The van der Waals surface area contributed by atoms with Crippen molar-refractivity contribution in [2.75, 3.05) is 23.3 Å². The highest BCUT2D eigenvalue weighted by atomic mass is 35.5. The van der Waals surface area contributed by atoms with Crippen molar-refractivity contribution in [3.63, 3.8) is 0 Å². The molecule has 0 aliphatic heterocycles. The quantitative estimate of drug-likeness (QED) is 0.554. The molecule has 0 radical (unpaired) electrons. The average molecular weight is 439 g/mol. The van der Waals surface area contributed by atoms with Crippen LogP contribution in [0.15, 0.2) is 30.5 Å². The predicted octanol–water partition coefficient (Wildman–Crippen LogP) is 5.72. The number of hydrogen-bond donors (Lipinski definition) is 1. The van der Waals surface area contributed by atoms with Crippen LogP contribution in [0.1, 0.15) is 41.2 Å². The van der Waals surface area contributed by atoms with Gasteiger partial charge in [0.2, 0.25) is 0 Å². The van der Waals surface area contributed by atoms with E-state index in [9.17, 15) is 18.0 Å². The SMILES string of the molecule is CCN(CC)c1ccc(NC(=O)c2c(C)nc3c(Cl)cc(C(F)(F)F)cn23)c(C)c1. The molecular formula is C21H22ClF3N4O. The number of amides is 1. The normalized spacial score (nSPS) is 11.7. The molecule has 160 valence electrons. The van der Waals surface area contributed by atoms with Crippen molar-refractivity contribution in [3.05, 3.63) is 58.0 Å². The molecule has 1 amide bonds. The van der Waals surface area contributed by atoms with Crippen LogP contribution in [0, 0.1) is 13.8 Å². The second-order valence-corrected chi connectivity index (χ2v) is 7.35. The number of alkyl halides is 3. The predicted molar refractivity (Wildman–Crippen MR) is 113 cm³/mol. The lowest BCUT2D eigenvalue weighted by molar-refractivity contribution is -0.137. The van der Waals surface area contributed by atoms with Crippen molar-refractivity contribution in [1.29, 1.82) is 0 Å². The van der Waals surface area contributed by atoms with Gasteiger partial charge in [0, 0.05) is 30.7 Å². The monoisotopic (exact) mass is 438 g/mol. The molecule has 0 spiro atoms. The molecule has 2 heterocycles. The van der Waals surface area contributed by atoms with Crippen LogP contribution >= 0.6 is 11.6 Å². The van der Waals surface area contributed by atoms with Gasteiger partial charge in [-0.3, -0.25) is 9.20 Å². The molecule has 0 bridgehead atoms. The fraction of sp³-hybridized carbons (Fsp3) is 0.333. The minimum atomic E-state index is -4.60. The summed E-state index contributed by atoms with van der Waals surface area (Å²) in [5.74, 6) is -0.561. The van der Waals surface area contributed by atoms with Crippen molar-refractivity contribution in [2.45, 2.75) is 33.9 Å². The lowest BCUT2D eigenvalue weighted by Gasteiger charge is -2.22. The number of nitrogens with zero attached hydrogens (tertiary/aromatic N) is 3. The number of nitrogens with one attached hydrogen (secondary N) is 1. The summed E-state index contributed by atoms with van der Waals surface area (Å²) in [6.45, 7) is 9.24. The molecule has 0 aliphatic rings. The Morgan fingerprint density at radius 3 is 2.43 bits per heavy atom. The van der Waals surface area contributed by atoms with E-state index >= 15 is 0 Å². The third-order valence-corrected chi connectivity index (χ3v) is 5.26. The maximum atomic E-state index is 13.2. The molecule has 3 rings (SSSR count). The third kappa shape index (κ3) is 4.09. The van der Waals surface area contributed by atoms with E-state index in [1.807, 2.05) is 19.1 Å². The number of aromatic nitrogens is 2. The number of carbonyl (C=O) groups excluding carboxylic acids is 1. The van der Waals surface area contributed by atoms with Crippen molar-refractivity contribution in [2.24, 2.45) is 0 Å². The molecule has 2 aromatic heterocycles. The number of fused-ring (bicyclic) bond motifs is 1. The Kier molecular flexibility index (Phi) is 5.99. The van der Waals surface area contributed by atoms with Gasteiger partial charge in [-0.1, -0.05) is 11.6 Å². The molecule has 1 aromatic carbocycles. The van der Waals surface area contributed by atoms with Gasteiger partial charge in [-0.25, -0.2) is 4.98 Å². The first-order valence-electron chi connectivity index (χ1n) is 9.49. The fourth-order valence-corrected chi connectivity index (χ4v) is 3.65. The third-order valence-electron chi connectivity index (χ3n) is 4.98. The zero-order valence-electron chi connectivity index (χ0n) is 17.1. The van der Waals surface area contributed by atoms with E-state index in [1.54, 1.807) is 13.0 Å². The fourth-order valence-electron chi connectivity index (χ4n) is 3.40. The van der Waals surface area contributed by atoms with Crippen LogP contribution in [0.25, 0.3) is 5.65 Å². The Morgan fingerprint density at radius 2 is 1.87 bits per heavy atom. The number of hydrogen-bond acceptors (Lipinski definition) is 3. The smallest absolute Gasteiger partial charge is 0.372 e. The van der Waals surface area contributed by atoms with E-state index in [2.05, 4.69) is 29.0 Å². The van der Waals surface area contributed by atoms with Crippen LogP contribution in [-0.2, 0) is 6.18 Å². The topological polar surface area (TPSA) is 49.6 Å². The Balaban J connectivity index is 2.00. The number of pyridine rings is 1. The molecule has 0 unspecified atom stereocenters. The van der Waals surface area contributed by atoms with Gasteiger partial charge in [0.05, 0.1) is 16.3 Å². The van der Waals surface area contributed by atoms with Crippen LogP contribution in [0.4, 0.5) is 24.5 Å². The molecule has 30 heavy (non-hydrogen) atoms. The number of imidazole rings is 1. The van der Waals surface area contributed by atoms with Gasteiger partial charge in [0.15, 0.2) is 5.65 Å². The molecular weight excluding hydrogens is 417 g/mol. The zero-order chi connectivity index (χ0) is 22.2. The molecule has 0 aliphatic carbocycles. The number of halogens is 4. The van der Waals surface area contributed by atoms with E-state index in [1.165, 1.54) is 0 Å². The summed E-state index contributed by atoms with van der Waals surface area (Å²) in [6.07, 6.45) is -3.76. The largest absolute Gasteiger partial charge is 0.417 e. The summed E-state index contributed by atoms with van der Waals surface area (Å²) >= 11 is 6.00. The Bertz CT molecular complexity index is 1100. The van der Waals surface area contributed by atoms with Gasteiger partial charge in [-0.05, 0) is 57.5 Å². The number of aryl methyl sites for hydroxylation is 2. The first kappa shape index (κ1) is 22.0. The number of benzene rings is 1. The minimum Gasteiger partial charge on any atom is -0.372 e. The van der Waals surface area contributed by atoms with Crippen LogP contribution < -0.4 is 10.2 Å². The summed E-state index contributed by atoms with van der Waals surface area (Å²) in [7, 11) is 0. The first-order chi connectivity index (χ1) is 14.1. The summed E-state index contributed by atoms with van der Waals surface area (Å²) in [6, 6.07) is 6.45. The zero-order valence-corrected chi connectivity index (χ0v) is 17.8. The van der Waals surface area contributed by atoms with Crippen molar-refractivity contribution < 1.29 is 18.0 Å². The van der Waals surface area contributed by atoms with Crippen molar-refractivity contribution >= 4 is 34.5 Å². The van der Waals surface area contributed by atoms with E-state index in [4.69, 9.17) is 11.6 Å². The summed E-state index contributed by atoms with van der Waals surface area (Å²) < 4.78 is 40.7. The second-order valence-electron chi connectivity index (χ2n) is 6.94. The van der Waals surface area contributed by atoms with E-state index < -0.39 is 17.6 Å². The van der Waals surface area contributed by atoms with Gasteiger partial charge in [0.1, 0.15) is 5.69 Å². The number of anilines is 2. The number of carbonyl (C=O) groups is 1. The molecule has 5 nitrogen and oxygen atoms in total. The Labute approximate surface area is 177 Å². The van der Waals surface area contributed by atoms with Gasteiger partial charge in [-0.15, -0.1) is 0 Å². The highest BCUT2D eigenvalue weighted by Gasteiger charge is 2.33. The van der Waals surface area contributed by atoms with Gasteiger partial charge in [0.25, 0.3) is 5.91 Å². The molecule has 3 aromatic rings. The molecule has 0 saturated carbocycles. The number of rotatable bonds is 5. The maximum absolute atomic E-state index is 13.2. The maximum Gasteiger partial charge on any atom is 0.417 e. The highest BCUT2D eigenvalue weighted by Crippen LogP contribution is 2.33. The summed E-state index contributed by atoms with van der Waals surface area (Å²) in [5, 5.41) is 2.61.